The van der Waals surface area contributed by atoms with E-state index in [1.807, 2.05) is 24.4 Å². The van der Waals surface area contributed by atoms with E-state index in [0.29, 0.717) is 0 Å². The van der Waals surface area contributed by atoms with Crippen molar-refractivity contribution in [3.63, 3.8) is 0 Å². The standard InChI is InChI=1S/C7H6N2S/c10-7-2-1-5-9-6(7)3-4-8-9/h1-5,10H. The second kappa shape index (κ2) is 2.02. The van der Waals surface area contributed by atoms with E-state index in [9.17, 15) is 0 Å². The first-order valence-corrected chi connectivity index (χ1v) is 3.44. The van der Waals surface area contributed by atoms with Crippen molar-refractivity contribution in [1.29, 1.82) is 0 Å². The number of rotatable bonds is 0. The molecule has 0 spiro atoms. The van der Waals surface area contributed by atoms with E-state index in [0.717, 1.165) is 10.4 Å². The fourth-order valence-electron chi connectivity index (χ4n) is 0.937. The summed E-state index contributed by atoms with van der Waals surface area (Å²) in [6, 6.07) is 5.80. The Morgan fingerprint density at radius 3 is 3.10 bits per heavy atom. The van der Waals surface area contributed by atoms with Crippen LogP contribution < -0.4 is 0 Å². The van der Waals surface area contributed by atoms with E-state index in [2.05, 4.69) is 17.7 Å². The average Bonchev–Trinajstić information content (AvgIpc) is 2.36. The summed E-state index contributed by atoms with van der Waals surface area (Å²) in [6.45, 7) is 0. The van der Waals surface area contributed by atoms with Gasteiger partial charge in [0.05, 0.1) is 11.7 Å². The predicted octanol–water partition coefficient (Wildman–Crippen LogP) is 1.62. The van der Waals surface area contributed by atoms with Gasteiger partial charge in [-0.05, 0) is 18.2 Å². The molecule has 0 fully saturated rings. The molecule has 2 aromatic heterocycles. The second-order valence-corrected chi connectivity index (χ2v) is 2.54. The summed E-state index contributed by atoms with van der Waals surface area (Å²) >= 11 is 4.26. The van der Waals surface area contributed by atoms with Gasteiger partial charge >= 0.3 is 0 Å². The van der Waals surface area contributed by atoms with Crippen LogP contribution in [0.3, 0.4) is 0 Å². The van der Waals surface area contributed by atoms with Gasteiger partial charge in [0.15, 0.2) is 0 Å². The van der Waals surface area contributed by atoms with Crippen LogP contribution in [0.5, 0.6) is 0 Å². The van der Waals surface area contributed by atoms with Crippen LogP contribution in [0.25, 0.3) is 5.52 Å². The minimum atomic E-state index is 0.958. The smallest absolute Gasteiger partial charge is 0.0794 e. The molecule has 0 bridgehead atoms. The highest BCUT2D eigenvalue weighted by molar-refractivity contribution is 7.80. The lowest BCUT2D eigenvalue weighted by atomic mass is 10.4. The van der Waals surface area contributed by atoms with Crippen LogP contribution in [0.1, 0.15) is 0 Å². The van der Waals surface area contributed by atoms with Crippen LogP contribution in [0.15, 0.2) is 35.5 Å². The van der Waals surface area contributed by atoms with E-state index in [4.69, 9.17) is 0 Å². The number of hydrogen-bond acceptors (Lipinski definition) is 2. The molecule has 0 saturated heterocycles. The molecule has 0 aromatic carbocycles. The van der Waals surface area contributed by atoms with Crippen molar-refractivity contribution in [3.8, 4) is 0 Å². The highest BCUT2D eigenvalue weighted by Gasteiger charge is 1.93. The Bertz CT molecular complexity index is 353. The number of pyridine rings is 1. The first-order valence-electron chi connectivity index (χ1n) is 2.99. The monoisotopic (exact) mass is 150 g/mol. The SMILES string of the molecule is Sc1cccn2nccc12. The molecule has 0 saturated carbocycles. The highest BCUT2D eigenvalue weighted by atomic mass is 32.1. The van der Waals surface area contributed by atoms with Gasteiger partial charge in [-0.15, -0.1) is 12.6 Å². The quantitative estimate of drug-likeness (QED) is 0.565. The van der Waals surface area contributed by atoms with Crippen molar-refractivity contribution < 1.29 is 0 Å². The molecule has 0 atom stereocenters. The molecular formula is C7H6N2S. The zero-order chi connectivity index (χ0) is 6.97. The maximum atomic E-state index is 4.26. The lowest BCUT2D eigenvalue weighted by Crippen LogP contribution is -1.84. The summed E-state index contributed by atoms with van der Waals surface area (Å²) in [6.07, 6.45) is 3.66. The molecule has 2 aromatic rings. The topological polar surface area (TPSA) is 17.3 Å². The van der Waals surface area contributed by atoms with Crippen molar-refractivity contribution >= 4 is 18.1 Å². The Kier molecular flexibility index (Phi) is 1.17. The van der Waals surface area contributed by atoms with Crippen molar-refractivity contribution in [1.82, 2.24) is 9.61 Å². The average molecular weight is 150 g/mol. The van der Waals surface area contributed by atoms with Gasteiger partial charge in [-0.3, -0.25) is 0 Å². The molecule has 0 aliphatic heterocycles. The fraction of sp³-hybridized carbons (Fsp3) is 0. The first kappa shape index (κ1) is 5.80. The summed E-state index contributed by atoms with van der Waals surface area (Å²) < 4.78 is 1.79. The third-order valence-electron chi connectivity index (χ3n) is 1.41. The minimum absolute atomic E-state index is 0.958. The van der Waals surface area contributed by atoms with Crippen molar-refractivity contribution in [2.24, 2.45) is 0 Å². The zero-order valence-electron chi connectivity index (χ0n) is 5.23. The summed E-state index contributed by atoms with van der Waals surface area (Å²) in [4.78, 5) is 0.958. The van der Waals surface area contributed by atoms with Crippen LogP contribution in [0.4, 0.5) is 0 Å². The maximum absolute atomic E-state index is 4.26. The zero-order valence-corrected chi connectivity index (χ0v) is 6.12. The Labute approximate surface area is 63.9 Å². The molecule has 0 unspecified atom stereocenters. The first-order chi connectivity index (χ1) is 4.88. The molecule has 0 N–H and O–H groups in total. The molecule has 10 heavy (non-hydrogen) atoms. The normalized spacial score (nSPS) is 10.5. The number of hydrogen-bond donors (Lipinski definition) is 1. The van der Waals surface area contributed by atoms with Gasteiger partial charge in [-0.2, -0.15) is 5.10 Å². The van der Waals surface area contributed by atoms with Gasteiger partial charge in [0.2, 0.25) is 0 Å². The Morgan fingerprint density at radius 2 is 2.30 bits per heavy atom. The van der Waals surface area contributed by atoms with Crippen LogP contribution in [0, 0.1) is 0 Å². The van der Waals surface area contributed by atoms with E-state index in [1.54, 1.807) is 10.7 Å². The summed E-state index contributed by atoms with van der Waals surface area (Å²) in [7, 11) is 0. The molecule has 2 rings (SSSR count). The van der Waals surface area contributed by atoms with Crippen molar-refractivity contribution in [2.45, 2.75) is 4.90 Å². The summed E-state index contributed by atoms with van der Waals surface area (Å²) in [5.41, 5.74) is 1.05. The predicted molar refractivity (Wildman–Crippen MR) is 42.4 cm³/mol. The van der Waals surface area contributed by atoms with Crippen LogP contribution in [0.2, 0.25) is 0 Å². The summed E-state index contributed by atoms with van der Waals surface area (Å²) in [5, 5.41) is 4.05. The molecule has 50 valence electrons. The highest BCUT2D eigenvalue weighted by Crippen LogP contribution is 2.12. The minimum Gasteiger partial charge on any atom is -0.240 e. The van der Waals surface area contributed by atoms with E-state index in [1.165, 1.54) is 0 Å². The number of fused-ring (bicyclic) bond motifs is 1. The molecule has 0 aliphatic carbocycles. The maximum Gasteiger partial charge on any atom is 0.0794 e. The van der Waals surface area contributed by atoms with E-state index < -0.39 is 0 Å². The van der Waals surface area contributed by atoms with Gasteiger partial charge in [0.1, 0.15) is 0 Å². The second-order valence-electron chi connectivity index (χ2n) is 2.05. The van der Waals surface area contributed by atoms with Crippen LogP contribution in [-0.2, 0) is 0 Å². The molecule has 0 aliphatic rings. The van der Waals surface area contributed by atoms with Crippen molar-refractivity contribution in [3.05, 3.63) is 30.6 Å². The molecule has 2 heterocycles. The van der Waals surface area contributed by atoms with Crippen LogP contribution in [-0.4, -0.2) is 9.61 Å². The lowest BCUT2D eigenvalue weighted by Gasteiger charge is -1.93. The largest absolute Gasteiger partial charge is 0.240 e. The number of aromatic nitrogens is 2. The van der Waals surface area contributed by atoms with Gasteiger partial charge in [-0.25, -0.2) is 4.52 Å². The fourth-order valence-corrected chi connectivity index (χ4v) is 1.20. The molecule has 0 amide bonds. The Balaban J connectivity index is 2.95. The third-order valence-corrected chi connectivity index (χ3v) is 1.79. The molecular weight excluding hydrogens is 144 g/mol. The third kappa shape index (κ3) is 0.708. The van der Waals surface area contributed by atoms with E-state index >= 15 is 0 Å². The molecule has 0 radical (unpaired) electrons. The van der Waals surface area contributed by atoms with Crippen LogP contribution >= 0.6 is 12.6 Å². The van der Waals surface area contributed by atoms with Gasteiger partial charge in [-0.1, -0.05) is 0 Å². The van der Waals surface area contributed by atoms with E-state index in [-0.39, 0.29) is 0 Å². The number of thiol groups is 1. The molecule has 3 heteroatoms. The molecule has 2 nitrogen and oxygen atoms in total. The van der Waals surface area contributed by atoms with Crippen molar-refractivity contribution in [2.75, 3.05) is 0 Å². The Hall–Kier alpha value is -0.960. The lowest BCUT2D eigenvalue weighted by molar-refractivity contribution is 0.950. The van der Waals surface area contributed by atoms with Gasteiger partial charge < -0.3 is 0 Å². The summed E-state index contributed by atoms with van der Waals surface area (Å²) in [5.74, 6) is 0. The van der Waals surface area contributed by atoms with Gasteiger partial charge in [0.25, 0.3) is 0 Å². The Morgan fingerprint density at radius 1 is 1.40 bits per heavy atom. The van der Waals surface area contributed by atoms with Gasteiger partial charge in [0, 0.05) is 11.1 Å². The number of nitrogens with zero attached hydrogens (tertiary/aromatic N) is 2.